The fourth-order valence-electron chi connectivity index (χ4n) is 1.89. The lowest BCUT2D eigenvalue weighted by Crippen LogP contribution is -2.24. The Hall–Kier alpha value is -0.0400. The van der Waals surface area contributed by atoms with Gasteiger partial charge in [0.2, 0.25) is 0 Å². The molecule has 0 bridgehead atoms. The molecule has 0 fully saturated rings. The van der Waals surface area contributed by atoms with Gasteiger partial charge in [-0.15, -0.1) is 0 Å². The molecule has 0 radical (unpaired) electrons. The number of hydrogen-bond donors (Lipinski definition) is 0. The van der Waals surface area contributed by atoms with Crippen LogP contribution in [0.25, 0.3) is 0 Å². The maximum atomic E-state index is 5.37. The van der Waals surface area contributed by atoms with E-state index in [1.54, 1.807) is 0 Å². The first-order chi connectivity index (χ1) is 6.89. The maximum Gasteiger partial charge on any atom is 0.0515 e. The molecule has 0 aromatic heterocycles. The Morgan fingerprint density at radius 1 is 0.933 bits per heavy atom. The molecule has 15 heavy (non-hydrogen) atoms. The molecular formula is C14H30O. The van der Waals surface area contributed by atoms with Gasteiger partial charge in [0, 0.05) is 7.11 Å². The Bertz CT molecular complexity index is 137. The van der Waals surface area contributed by atoms with E-state index in [-0.39, 0.29) is 0 Å². The van der Waals surface area contributed by atoms with E-state index in [9.17, 15) is 0 Å². The minimum absolute atomic E-state index is 0.392. The molecule has 0 heterocycles. The van der Waals surface area contributed by atoms with E-state index < -0.39 is 0 Å². The molecule has 0 aliphatic heterocycles. The average molecular weight is 214 g/mol. The minimum Gasteiger partial charge on any atom is -0.384 e. The molecule has 0 saturated heterocycles. The molecule has 0 spiro atoms. The van der Waals surface area contributed by atoms with Crippen molar-refractivity contribution in [1.82, 2.24) is 0 Å². The van der Waals surface area contributed by atoms with Crippen LogP contribution in [0, 0.1) is 17.3 Å². The molecule has 1 heteroatoms. The van der Waals surface area contributed by atoms with E-state index in [2.05, 4.69) is 34.6 Å². The van der Waals surface area contributed by atoms with E-state index in [0.29, 0.717) is 5.41 Å². The largest absolute Gasteiger partial charge is 0.384 e. The van der Waals surface area contributed by atoms with Crippen molar-refractivity contribution in [2.45, 2.75) is 60.3 Å². The van der Waals surface area contributed by atoms with Crippen molar-refractivity contribution in [3.63, 3.8) is 0 Å². The van der Waals surface area contributed by atoms with Crippen molar-refractivity contribution in [3.8, 4) is 0 Å². The molecule has 1 nitrogen and oxygen atoms in total. The summed E-state index contributed by atoms with van der Waals surface area (Å²) in [6.07, 6.45) is 5.23. The van der Waals surface area contributed by atoms with Crippen LogP contribution >= 0.6 is 0 Å². The summed E-state index contributed by atoms with van der Waals surface area (Å²) in [6, 6.07) is 0. The fourth-order valence-corrected chi connectivity index (χ4v) is 1.89. The van der Waals surface area contributed by atoms with Crippen LogP contribution in [0.4, 0.5) is 0 Å². The van der Waals surface area contributed by atoms with Crippen molar-refractivity contribution in [1.29, 1.82) is 0 Å². The molecule has 0 amide bonds. The highest BCUT2D eigenvalue weighted by atomic mass is 16.5. The second-order valence-electron chi connectivity index (χ2n) is 6.11. The van der Waals surface area contributed by atoms with Gasteiger partial charge in [0.15, 0.2) is 0 Å². The van der Waals surface area contributed by atoms with Gasteiger partial charge in [0.1, 0.15) is 0 Å². The Morgan fingerprint density at radius 3 is 1.60 bits per heavy atom. The van der Waals surface area contributed by atoms with E-state index in [1.165, 1.54) is 25.7 Å². The van der Waals surface area contributed by atoms with Crippen LogP contribution in [0.15, 0.2) is 0 Å². The van der Waals surface area contributed by atoms with Crippen molar-refractivity contribution in [3.05, 3.63) is 0 Å². The van der Waals surface area contributed by atoms with Crippen molar-refractivity contribution in [2.24, 2.45) is 17.3 Å². The summed E-state index contributed by atoms with van der Waals surface area (Å²) in [5.41, 5.74) is 0.392. The Balaban J connectivity index is 4.05. The average Bonchev–Trinajstić information content (AvgIpc) is 2.13. The van der Waals surface area contributed by atoms with Crippen LogP contribution in [0.3, 0.4) is 0 Å². The quantitative estimate of drug-likeness (QED) is 0.577. The highest BCUT2D eigenvalue weighted by Crippen LogP contribution is 2.32. The van der Waals surface area contributed by atoms with Crippen LogP contribution in [-0.4, -0.2) is 13.7 Å². The molecule has 0 saturated carbocycles. The monoisotopic (exact) mass is 214 g/mol. The number of rotatable bonds is 8. The number of methoxy groups -OCH3 is 1. The lowest BCUT2D eigenvalue weighted by Gasteiger charge is -2.30. The molecule has 0 aliphatic carbocycles. The van der Waals surface area contributed by atoms with E-state index >= 15 is 0 Å². The summed E-state index contributed by atoms with van der Waals surface area (Å²) < 4.78 is 5.37. The molecule has 0 unspecified atom stereocenters. The first kappa shape index (κ1) is 15.0. The van der Waals surface area contributed by atoms with Gasteiger partial charge >= 0.3 is 0 Å². The minimum atomic E-state index is 0.392. The Labute approximate surface area is 96.6 Å². The molecule has 0 aromatic carbocycles. The SMILES string of the molecule is COCC(C)(CCC(C)C)CCC(C)C. The van der Waals surface area contributed by atoms with Crippen LogP contribution in [-0.2, 0) is 4.74 Å². The van der Waals surface area contributed by atoms with Gasteiger partial charge in [0.05, 0.1) is 6.61 Å². The van der Waals surface area contributed by atoms with Crippen molar-refractivity contribution >= 4 is 0 Å². The second kappa shape index (κ2) is 7.27. The fraction of sp³-hybridized carbons (Fsp3) is 1.00. The third-order valence-corrected chi connectivity index (χ3v) is 3.14. The zero-order chi connectivity index (χ0) is 11.9. The summed E-state index contributed by atoms with van der Waals surface area (Å²) in [6.45, 7) is 12.5. The lowest BCUT2D eigenvalue weighted by atomic mass is 9.79. The number of ether oxygens (including phenoxy) is 1. The number of hydrogen-bond acceptors (Lipinski definition) is 1. The van der Waals surface area contributed by atoms with Crippen LogP contribution in [0.2, 0.25) is 0 Å². The highest BCUT2D eigenvalue weighted by molar-refractivity contribution is 4.75. The molecule has 0 aromatic rings. The summed E-state index contributed by atoms with van der Waals surface area (Å²) >= 11 is 0. The van der Waals surface area contributed by atoms with Gasteiger partial charge < -0.3 is 4.74 Å². The van der Waals surface area contributed by atoms with Gasteiger partial charge in [-0.25, -0.2) is 0 Å². The normalized spacial score (nSPS) is 12.8. The first-order valence-corrected chi connectivity index (χ1v) is 6.38. The highest BCUT2D eigenvalue weighted by Gasteiger charge is 2.24. The topological polar surface area (TPSA) is 9.23 Å². The predicted molar refractivity (Wildman–Crippen MR) is 68.1 cm³/mol. The molecule has 0 N–H and O–H groups in total. The first-order valence-electron chi connectivity index (χ1n) is 6.38. The zero-order valence-electron chi connectivity index (χ0n) is 11.6. The third-order valence-electron chi connectivity index (χ3n) is 3.14. The second-order valence-corrected chi connectivity index (χ2v) is 6.11. The molecule has 0 aliphatic rings. The lowest BCUT2D eigenvalue weighted by molar-refractivity contribution is 0.0701. The Kier molecular flexibility index (Phi) is 7.25. The van der Waals surface area contributed by atoms with Gasteiger partial charge in [0.25, 0.3) is 0 Å². The van der Waals surface area contributed by atoms with Crippen LogP contribution in [0.1, 0.15) is 60.3 Å². The van der Waals surface area contributed by atoms with E-state index in [4.69, 9.17) is 4.74 Å². The standard InChI is InChI=1S/C14H30O/c1-12(2)7-9-14(5,11-15-6)10-8-13(3)4/h12-13H,7-11H2,1-6H3. The summed E-state index contributed by atoms with van der Waals surface area (Å²) in [5.74, 6) is 1.61. The molecule has 0 rings (SSSR count). The summed E-state index contributed by atoms with van der Waals surface area (Å²) in [7, 11) is 1.82. The van der Waals surface area contributed by atoms with Gasteiger partial charge in [-0.1, -0.05) is 47.5 Å². The van der Waals surface area contributed by atoms with E-state index in [1.807, 2.05) is 7.11 Å². The van der Waals surface area contributed by atoms with E-state index in [0.717, 1.165) is 18.4 Å². The third kappa shape index (κ3) is 7.84. The maximum absolute atomic E-state index is 5.37. The van der Waals surface area contributed by atoms with Crippen molar-refractivity contribution in [2.75, 3.05) is 13.7 Å². The molecule has 92 valence electrons. The van der Waals surface area contributed by atoms with Crippen LogP contribution < -0.4 is 0 Å². The van der Waals surface area contributed by atoms with Gasteiger partial charge in [-0.3, -0.25) is 0 Å². The van der Waals surface area contributed by atoms with Gasteiger partial charge in [-0.2, -0.15) is 0 Å². The molecule has 0 atom stereocenters. The smallest absolute Gasteiger partial charge is 0.0515 e. The molecular weight excluding hydrogens is 184 g/mol. The van der Waals surface area contributed by atoms with Gasteiger partial charge in [-0.05, 0) is 30.1 Å². The Morgan fingerprint density at radius 2 is 1.33 bits per heavy atom. The summed E-state index contributed by atoms with van der Waals surface area (Å²) in [5, 5.41) is 0. The summed E-state index contributed by atoms with van der Waals surface area (Å²) in [4.78, 5) is 0. The predicted octanol–water partition coefficient (Wildman–Crippen LogP) is 4.51. The van der Waals surface area contributed by atoms with Crippen molar-refractivity contribution < 1.29 is 4.74 Å². The van der Waals surface area contributed by atoms with Crippen LogP contribution in [0.5, 0.6) is 0 Å². The zero-order valence-corrected chi connectivity index (χ0v) is 11.6.